The molecule has 0 spiro atoms. The van der Waals surface area contributed by atoms with Gasteiger partial charge in [0.05, 0.1) is 6.61 Å². The lowest BCUT2D eigenvalue weighted by Gasteiger charge is -2.32. The summed E-state index contributed by atoms with van der Waals surface area (Å²) < 4.78 is 5.27. The standard InChI is InChI=1S/C17H29ClN2O/c1-5-9-19-13-15-12-16(18)7-8-17(15)20(10-11-21-4)14(3)6-2/h7-8,12,14,19H,5-6,9-11,13H2,1-4H3. The van der Waals surface area contributed by atoms with Crippen LogP contribution < -0.4 is 10.2 Å². The van der Waals surface area contributed by atoms with E-state index in [0.717, 1.165) is 44.1 Å². The van der Waals surface area contributed by atoms with E-state index in [9.17, 15) is 0 Å². The fraction of sp³-hybridized carbons (Fsp3) is 0.647. The second kappa shape index (κ2) is 10.0. The van der Waals surface area contributed by atoms with Crippen LogP contribution in [0.1, 0.15) is 39.2 Å². The van der Waals surface area contributed by atoms with Gasteiger partial charge in [-0.05, 0) is 50.1 Å². The third kappa shape index (κ3) is 5.85. The number of hydrogen-bond acceptors (Lipinski definition) is 3. The van der Waals surface area contributed by atoms with Crippen molar-refractivity contribution in [3.05, 3.63) is 28.8 Å². The van der Waals surface area contributed by atoms with Gasteiger partial charge in [0, 0.05) is 37.0 Å². The third-order valence-corrected chi connectivity index (χ3v) is 3.99. The normalized spacial score (nSPS) is 12.4. The minimum atomic E-state index is 0.478. The topological polar surface area (TPSA) is 24.5 Å². The minimum absolute atomic E-state index is 0.478. The first-order valence-electron chi connectivity index (χ1n) is 7.88. The van der Waals surface area contributed by atoms with Gasteiger partial charge in [0.2, 0.25) is 0 Å². The molecule has 120 valence electrons. The van der Waals surface area contributed by atoms with E-state index in [-0.39, 0.29) is 0 Å². The summed E-state index contributed by atoms with van der Waals surface area (Å²) in [5.41, 5.74) is 2.52. The highest BCUT2D eigenvalue weighted by Crippen LogP contribution is 2.26. The van der Waals surface area contributed by atoms with E-state index >= 15 is 0 Å². The van der Waals surface area contributed by atoms with Gasteiger partial charge in [-0.3, -0.25) is 0 Å². The lowest BCUT2D eigenvalue weighted by atomic mass is 10.1. The van der Waals surface area contributed by atoms with Gasteiger partial charge in [-0.2, -0.15) is 0 Å². The van der Waals surface area contributed by atoms with E-state index in [2.05, 4.69) is 43.1 Å². The lowest BCUT2D eigenvalue weighted by Crippen LogP contribution is -2.36. The number of rotatable bonds is 10. The summed E-state index contributed by atoms with van der Waals surface area (Å²) in [6.45, 7) is 10.2. The van der Waals surface area contributed by atoms with Crippen molar-refractivity contribution in [3.63, 3.8) is 0 Å². The Kier molecular flexibility index (Phi) is 8.74. The van der Waals surface area contributed by atoms with Crippen molar-refractivity contribution >= 4 is 17.3 Å². The second-order valence-corrected chi connectivity index (χ2v) is 5.83. The molecule has 0 amide bonds. The zero-order chi connectivity index (χ0) is 15.7. The van der Waals surface area contributed by atoms with E-state index in [1.165, 1.54) is 11.3 Å². The highest BCUT2D eigenvalue weighted by atomic mass is 35.5. The molecule has 0 aromatic heterocycles. The highest BCUT2D eigenvalue weighted by Gasteiger charge is 2.16. The molecule has 0 aliphatic rings. The number of nitrogens with one attached hydrogen (secondary N) is 1. The molecule has 1 rings (SSSR count). The van der Waals surface area contributed by atoms with Crippen molar-refractivity contribution in [1.82, 2.24) is 5.32 Å². The zero-order valence-electron chi connectivity index (χ0n) is 13.8. The Morgan fingerprint density at radius 2 is 2.10 bits per heavy atom. The molecular weight excluding hydrogens is 284 g/mol. The molecule has 0 aliphatic heterocycles. The van der Waals surface area contributed by atoms with Crippen LogP contribution in [0, 0.1) is 0 Å². The number of ether oxygens (including phenoxy) is 1. The van der Waals surface area contributed by atoms with Gasteiger partial charge in [-0.25, -0.2) is 0 Å². The first-order chi connectivity index (χ1) is 10.1. The fourth-order valence-electron chi connectivity index (χ4n) is 2.36. The summed E-state index contributed by atoms with van der Waals surface area (Å²) in [5.74, 6) is 0. The predicted molar refractivity (Wildman–Crippen MR) is 92.4 cm³/mol. The molecule has 1 N–H and O–H groups in total. The van der Waals surface area contributed by atoms with Crippen LogP contribution >= 0.6 is 11.6 Å². The van der Waals surface area contributed by atoms with E-state index in [1.807, 2.05) is 6.07 Å². The molecule has 0 radical (unpaired) electrons. The Morgan fingerprint density at radius 3 is 2.71 bits per heavy atom. The smallest absolute Gasteiger partial charge is 0.0637 e. The summed E-state index contributed by atoms with van der Waals surface area (Å²) in [6, 6.07) is 6.66. The summed E-state index contributed by atoms with van der Waals surface area (Å²) in [7, 11) is 1.75. The van der Waals surface area contributed by atoms with Crippen LogP contribution in [0.3, 0.4) is 0 Å². The summed E-state index contributed by atoms with van der Waals surface area (Å²) in [5, 5.41) is 4.26. The van der Waals surface area contributed by atoms with Gasteiger partial charge < -0.3 is 15.0 Å². The monoisotopic (exact) mass is 312 g/mol. The molecule has 1 aromatic carbocycles. The quantitative estimate of drug-likeness (QED) is 0.659. The Hall–Kier alpha value is -0.770. The average Bonchev–Trinajstić information content (AvgIpc) is 2.49. The number of hydrogen-bond donors (Lipinski definition) is 1. The molecule has 1 aromatic rings. The molecule has 0 bridgehead atoms. The molecule has 3 nitrogen and oxygen atoms in total. The first-order valence-corrected chi connectivity index (χ1v) is 8.26. The number of methoxy groups -OCH3 is 1. The van der Waals surface area contributed by atoms with Gasteiger partial charge in [-0.15, -0.1) is 0 Å². The van der Waals surface area contributed by atoms with E-state index in [1.54, 1.807) is 7.11 Å². The minimum Gasteiger partial charge on any atom is -0.383 e. The molecule has 0 aliphatic carbocycles. The molecule has 21 heavy (non-hydrogen) atoms. The second-order valence-electron chi connectivity index (χ2n) is 5.39. The Balaban J connectivity index is 2.98. The fourth-order valence-corrected chi connectivity index (χ4v) is 2.56. The maximum Gasteiger partial charge on any atom is 0.0637 e. The first kappa shape index (κ1) is 18.3. The van der Waals surface area contributed by atoms with Gasteiger partial charge >= 0.3 is 0 Å². The number of nitrogens with zero attached hydrogens (tertiary/aromatic N) is 1. The predicted octanol–water partition coefficient (Wildman–Crippen LogP) is 4.09. The summed E-state index contributed by atoms with van der Waals surface area (Å²) >= 11 is 6.18. The SMILES string of the molecule is CCCNCc1cc(Cl)ccc1N(CCOC)C(C)CC. The van der Waals surface area contributed by atoms with Crippen molar-refractivity contribution in [1.29, 1.82) is 0 Å². The van der Waals surface area contributed by atoms with Crippen LogP contribution in [0.4, 0.5) is 5.69 Å². The van der Waals surface area contributed by atoms with Crippen LogP contribution in [0.2, 0.25) is 5.02 Å². The maximum atomic E-state index is 6.18. The molecule has 0 saturated heterocycles. The van der Waals surface area contributed by atoms with E-state index < -0.39 is 0 Å². The summed E-state index contributed by atoms with van der Waals surface area (Å²) in [6.07, 6.45) is 2.24. The zero-order valence-corrected chi connectivity index (χ0v) is 14.5. The molecular formula is C17H29ClN2O. The van der Waals surface area contributed by atoms with Gasteiger partial charge in [0.25, 0.3) is 0 Å². The Labute approximate surface area is 134 Å². The van der Waals surface area contributed by atoms with Crippen molar-refractivity contribution < 1.29 is 4.74 Å². The van der Waals surface area contributed by atoms with Crippen LogP contribution in [0.25, 0.3) is 0 Å². The number of halogens is 1. The number of anilines is 1. The Morgan fingerprint density at radius 1 is 1.33 bits per heavy atom. The van der Waals surface area contributed by atoms with E-state index in [0.29, 0.717) is 6.04 Å². The van der Waals surface area contributed by atoms with Gasteiger partial charge in [-0.1, -0.05) is 25.4 Å². The van der Waals surface area contributed by atoms with Crippen molar-refractivity contribution in [3.8, 4) is 0 Å². The maximum absolute atomic E-state index is 6.18. The summed E-state index contributed by atoms with van der Waals surface area (Å²) in [4.78, 5) is 2.42. The molecule has 0 saturated carbocycles. The van der Waals surface area contributed by atoms with Crippen molar-refractivity contribution in [2.24, 2.45) is 0 Å². The van der Waals surface area contributed by atoms with Gasteiger partial charge in [0.15, 0.2) is 0 Å². The molecule has 0 heterocycles. The molecule has 1 atom stereocenters. The van der Waals surface area contributed by atoms with Crippen LogP contribution in [-0.4, -0.2) is 32.8 Å². The Bertz CT molecular complexity index is 412. The molecule has 4 heteroatoms. The van der Waals surface area contributed by atoms with Crippen molar-refractivity contribution in [2.45, 2.75) is 46.2 Å². The number of benzene rings is 1. The molecule has 0 fully saturated rings. The van der Waals surface area contributed by atoms with Gasteiger partial charge in [0.1, 0.15) is 0 Å². The van der Waals surface area contributed by atoms with Crippen LogP contribution in [0.15, 0.2) is 18.2 Å². The largest absolute Gasteiger partial charge is 0.383 e. The molecule has 1 unspecified atom stereocenters. The third-order valence-electron chi connectivity index (χ3n) is 3.75. The highest BCUT2D eigenvalue weighted by molar-refractivity contribution is 6.30. The van der Waals surface area contributed by atoms with Crippen LogP contribution in [-0.2, 0) is 11.3 Å². The lowest BCUT2D eigenvalue weighted by molar-refractivity contribution is 0.203. The van der Waals surface area contributed by atoms with Crippen LogP contribution in [0.5, 0.6) is 0 Å². The van der Waals surface area contributed by atoms with E-state index in [4.69, 9.17) is 16.3 Å². The van der Waals surface area contributed by atoms with Crippen molar-refractivity contribution in [2.75, 3.05) is 31.7 Å². The average molecular weight is 313 g/mol.